The molecule has 104 valence electrons. The van der Waals surface area contributed by atoms with E-state index in [1.165, 1.54) is 0 Å². The van der Waals surface area contributed by atoms with Gasteiger partial charge >= 0.3 is 5.97 Å². The molecule has 20 heavy (non-hydrogen) atoms. The highest BCUT2D eigenvalue weighted by Crippen LogP contribution is 2.18. The SMILES string of the molecule is CC(OC(=O)c1ccc(CCN)cc1)c1ccccc1. The lowest BCUT2D eigenvalue weighted by atomic mass is 10.1. The molecule has 0 amide bonds. The summed E-state index contributed by atoms with van der Waals surface area (Å²) in [4.78, 5) is 12.1. The van der Waals surface area contributed by atoms with Crippen molar-refractivity contribution in [3.63, 3.8) is 0 Å². The van der Waals surface area contributed by atoms with E-state index in [-0.39, 0.29) is 12.1 Å². The first kappa shape index (κ1) is 14.3. The zero-order valence-corrected chi connectivity index (χ0v) is 11.6. The molecule has 2 rings (SSSR count). The maximum absolute atomic E-state index is 12.1. The normalized spacial score (nSPS) is 11.9. The minimum atomic E-state index is -0.305. The number of hydrogen-bond acceptors (Lipinski definition) is 3. The molecule has 0 spiro atoms. The number of rotatable bonds is 5. The molecule has 0 fully saturated rings. The quantitative estimate of drug-likeness (QED) is 0.848. The molecule has 0 saturated heterocycles. The van der Waals surface area contributed by atoms with Crippen LogP contribution < -0.4 is 5.73 Å². The van der Waals surface area contributed by atoms with Crippen molar-refractivity contribution >= 4 is 5.97 Å². The maximum atomic E-state index is 12.1. The fourth-order valence-corrected chi connectivity index (χ4v) is 1.99. The molecule has 2 aromatic carbocycles. The molecule has 0 aliphatic heterocycles. The van der Waals surface area contributed by atoms with Gasteiger partial charge in [0.2, 0.25) is 0 Å². The summed E-state index contributed by atoms with van der Waals surface area (Å²) in [6.07, 6.45) is 0.558. The Labute approximate surface area is 119 Å². The number of carbonyl (C=O) groups excluding carboxylic acids is 1. The maximum Gasteiger partial charge on any atom is 0.338 e. The highest BCUT2D eigenvalue weighted by molar-refractivity contribution is 5.89. The Morgan fingerprint density at radius 1 is 1.10 bits per heavy atom. The molecule has 3 heteroatoms. The molecule has 1 atom stereocenters. The second-order valence-electron chi connectivity index (χ2n) is 4.69. The molecule has 0 aliphatic rings. The molecule has 0 heterocycles. The Hall–Kier alpha value is -2.13. The van der Waals surface area contributed by atoms with Gasteiger partial charge in [0.15, 0.2) is 0 Å². The fourth-order valence-electron chi connectivity index (χ4n) is 1.99. The fraction of sp³-hybridized carbons (Fsp3) is 0.235. The van der Waals surface area contributed by atoms with Crippen LogP contribution in [0.5, 0.6) is 0 Å². The molecule has 0 radical (unpaired) electrons. The van der Waals surface area contributed by atoms with Gasteiger partial charge in [-0.25, -0.2) is 4.79 Å². The van der Waals surface area contributed by atoms with E-state index in [1.807, 2.05) is 49.4 Å². The third-order valence-corrected chi connectivity index (χ3v) is 3.18. The summed E-state index contributed by atoms with van der Waals surface area (Å²) in [5, 5.41) is 0. The number of benzene rings is 2. The van der Waals surface area contributed by atoms with E-state index in [9.17, 15) is 4.79 Å². The Morgan fingerprint density at radius 2 is 1.75 bits per heavy atom. The minimum Gasteiger partial charge on any atom is -0.454 e. The topological polar surface area (TPSA) is 52.3 Å². The molecule has 1 unspecified atom stereocenters. The van der Waals surface area contributed by atoms with E-state index in [2.05, 4.69) is 0 Å². The zero-order chi connectivity index (χ0) is 14.4. The summed E-state index contributed by atoms with van der Waals surface area (Å²) >= 11 is 0. The molecule has 0 aromatic heterocycles. The van der Waals surface area contributed by atoms with Crippen molar-refractivity contribution in [2.24, 2.45) is 5.73 Å². The largest absolute Gasteiger partial charge is 0.454 e. The standard InChI is InChI=1S/C17H19NO2/c1-13(15-5-3-2-4-6-15)20-17(19)16-9-7-14(8-10-16)11-12-18/h2-10,13H,11-12,18H2,1H3. The molecule has 2 aromatic rings. The smallest absolute Gasteiger partial charge is 0.338 e. The van der Waals surface area contributed by atoms with E-state index < -0.39 is 0 Å². The van der Waals surface area contributed by atoms with Crippen LogP contribution in [0, 0.1) is 0 Å². The van der Waals surface area contributed by atoms with Crippen LogP contribution in [0.25, 0.3) is 0 Å². The Balaban J connectivity index is 2.01. The molecular formula is C17H19NO2. The van der Waals surface area contributed by atoms with Crippen LogP contribution >= 0.6 is 0 Å². The lowest BCUT2D eigenvalue weighted by molar-refractivity contribution is 0.0338. The van der Waals surface area contributed by atoms with Gasteiger partial charge in [0, 0.05) is 0 Å². The molecule has 3 nitrogen and oxygen atoms in total. The predicted molar refractivity (Wildman–Crippen MR) is 79.5 cm³/mol. The van der Waals surface area contributed by atoms with Crippen LogP contribution in [0.4, 0.5) is 0 Å². The van der Waals surface area contributed by atoms with Crippen molar-refractivity contribution in [2.45, 2.75) is 19.4 Å². The van der Waals surface area contributed by atoms with Crippen molar-refractivity contribution in [3.05, 3.63) is 71.3 Å². The van der Waals surface area contributed by atoms with Crippen molar-refractivity contribution in [2.75, 3.05) is 6.54 Å². The third-order valence-electron chi connectivity index (χ3n) is 3.18. The number of esters is 1. The minimum absolute atomic E-state index is 0.257. The lowest BCUT2D eigenvalue weighted by Gasteiger charge is -2.13. The highest BCUT2D eigenvalue weighted by atomic mass is 16.5. The van der Waals surface area contributed by atoms with E-state index in [0.717, 1.165) is 17.5 Å². The van der Waals surface area contributed by atoms with E-state index in [4.69, 9.17) is 10.5 Å². The number of carbonyl (C=O) groups is 1. The lowest BCUT2D eigenvalue weighted by Crippen LogP contribution is -2.09. The Morgan fingerprint density at radius 3 is 2.35 bits per heavy atom. The van der Waals surface area contributed by atoms with Gasteiger partial charge in [-0.05, 0) is 43.1 Å². The monoisotopic (exact) mass is 269 g/mol. The van der Waals surface area contributed by atoms with Gasteiger partial charge in [0.05, 0.1) is 5.56 Å². The second kappa shape index (κ2) is 6.87. The summed E-state index contributed by atoms with van der Waals surface area (Å²) in [5.41, 5.74) is 8.17. The molecule has 0 bridgehead atoms. The number of hydrogen-bond donors (Lipinski definition) is 1. The van der Waals surface area contributed by atoms with E-state index >= 15 is 0 Å². The first-order valence-electron chi connectivity index (χ1n) is 6.75. The van der Waals surface area contributed by atoms with Gasteiger partial charge in [-0.15, -0.1) is 0 Å². The summed E-state index contributed by atoms with van der Waals surface area (Å²) in [6, 6.07) is 17.1. The van der Waals surface area contributed by atoms with Gasteiger partial charge < -0.3 is 10.5 Å². The summed E-state index contributed by atoms with van der Waals surface area (Å²) < 4.78 is 5.46. The average molecular weight is 269 g/mol. The molecule has 2 N–H and O–H groups in total. The third kappa shape index (κ3) is 3.68. The van der Waals surface area contributed by atoms with Crippen LogP contribution in [0.3, 0.4) is 0 Å². The van der Waals surface area contributed by atoms with Crippen molar-refractivity contribution < 1.29 is 9.53 Å². The summed E-state index contributed by atoms with van der Waals surface area (Å²) in [7, 11) is 0. The number of ether oxygens (including phenoxy) is 1. The second-order valence-corrected chi connectivity index (χ2v) is 4.69. The van der Waals surface area contributed by atoms with Gasteiger partial charge in [-0.2, -0.15) is 0 Å². The predicted octanol–water partition coefficient (Wildman–Crippen LogP) is 3.11. The van der Waals surface area contributed by atoms with E-state index in [1.54, 1.807) is 12.1 Å². The van der Waals surface area contributed by atoms with Gasteiger partial charge in [0.25, 0.3) is 0 Å². The van der Waals surface area contributed by atoms with Crippen LogP contribution in [0.1, 0.15) is 34.5 Å². The van der Waals surface area contributed by atoms with Crippen molar-refractivity contribution in [3.8, 4) is 0 Å². The Bertz CT molecular complexity index is 549. The highest BCUT2D eigenvalue weighted by Gasteiger charge is 2.13. The first-order chi connectivity index (χ1) is 9.70. The van der Waals surface area contributed by atoms with Gasteiger partial charge in [-0.1, -0.05) is 42.5 Å². The average Bonchev–Trinajstić information content (AvgIpc) is 2.49. The van der Waals surface area contributed by atoms with Crippen LogP contribution in [-0.2, 0) is 11.2 Å². The van der Waals surface area contributed by atoms with Crippen LogP contribution in [-0.4, -0.2) is 12.5 Å². The molecular weight excluding hydrogens is 250 g/mol. The molecule has 0 aliphatic carbocycles. The van der Waals surface area contributed by atoms with E-state index in [0.29, 0.717) is 12.1 Å². The molecule has 0 saturated carbocycles. The van der Waals surface area contributed by atoms with Gasteiger partial charge in [0.1, 0.15) is 6.10 Å². The van der Waals surface area contributed by atoms with Crippen molar-refractivity contribution in [1.29, 1.82) is 0 Å². The van der Waals surface area contributed by atoms with Gasteiger partial charge in [-0.3, -0.25) is 0 Å². The van der Waals surface area contributed by atoms with Crippen molar-refractivity contribution in [1.82, 2.24) is 0 Å². The zero-order valence-electron chi connectivity index (χ0n) is 11.6. The van der Waals surface area contributed by atoms with Crippen LogP contribution in [0.15, 0.2) is 54.6 Å². The summed E-state index contributed by atoms with van der Waals surface area (Å²) in [5.74, 6) is -0.305. The Kier molecular flexibility index (Phi) is 4.91. The first-order valence-corrected chi connectivity index (χ1v) is 6.75. The van der Waals surface area contributed by atoms with Crippen LogP contribution in [0.2, 0.25) is 0 Å². The summed E-state index contributed by atoms with van der Waals surface area (Å²) in [6.45, 7) is 2.48. The number of nitrogens with two attached hydrogens (primary N) is 1.